The Balaban J connectivity index is 0.000000513. The van der Waals surface area contributed by atoms with Crippen LogP contribution in [-0.4, -0.2) is 33.8 Å². The van der Waals surface area contributed by atoms with Crippen LogP contribution in [-0.2, 0) is 81.2 Å². The Hall–Kier alpha value is -4.36. The molecule has 1 nitrogen and oxygen atoms in total. The summed E-state index contributed by atoms with van der Waals surface area (Å²) in [5, 5.41) is 0.871. The van der Waals surface area contributed by atoms with E-state index in [9.17, 15) is 105 Å². The maximum Gasteiger partial charge on any atom is 0.416 e. The van der Waals surface area contributed by atoms with Crippen LogP contribution in [0.1, 0.15) is 208 Å². The number of halogens is 24. The van der Waals surface area contributed by atoms with Crippen molar-refractivity contribution in [3.05, 3.63) is 159 Å². The molecule has 2 bridgehead atoms. The van der Waals surface area contributed by atoms with Crippen molar-refractivity contribution in [2.75, 3.05) is 12.3 Å². The molecule has 0 aliphatic carbocycles. The number of alkyl halides is 24. The van der Waals surface area contributed by atoms with E-state index < -0.39 is 211 Å². The van der Waals surface area contributed by atoms with Crippen molar-refractivity contribution in [2.45, 2.75) is 224 Å². The molecular formula is C68H81BF24NP2Rh+. The first-order chi connectivity index (χ1) is 43.8. The Kier molecular flexibility index (Phi) is 31.4. The van der Waals surface area contributed by atoms with E-state index in [1.165, 1.54) is 132 Å². The average Bonchev–Trinajstić information content (AvgIpc) is 0.709. The Labute approximate surface area is 566 Å². The fourth-order valence-electron chi connectivity index (χ4n) is 11.5. The second-order valence-electron chi connectivity index (χ2n) is 26.3. The standard InChI is InChI=1S/C32H12BF24.C29H51NP2.C7H16.Rh/c34-25(35,36)13-1-14(26(37,38)39)6-21(5-13)33(22-7-15(27(40,41)42)2-16(8-22)28(43,44)45,23-9-17(29(46,47)48)3-18(10-23)30(49,50)51)24-11-19(31(52,53)54)4-20(12-24)32(55,56)57;1-28(2,3)31-22-17-15-13-11-9-7-8-10-12-14-16-18-23-32(29(4,5)6)25-27-21-19-20-26(24-31)30-27;1-3-5-7-6-4-2;/h1-12H;13,15,19-21H,7-12,14,16-18,22-25H2,1-6H3;3-7H2,1-2H3;/q-1;;;/p+2/b;15-13-;;. The molecule has 0 saturated carbocycles. The molecule has 1 aliphatic rings. The normalized spacial score (nSPS) is 17.3. The number of rotatable bonds is 8. The summed E-state index contributed by atoms with van der Waals surface area (Å²) in [7, 11) is -0.952. The van der Waals surface area contributed by atoms with Gasteiger partial charge in [0.25, 0.3) is 0 Å². The van der Waals surface area contributed by atoms with Crippen molar-refractivity contribution in [1.82, 2.24) is 4.98 Å². The molecule has 2 heterocycles. The van der Waals surface area contributed by atoms with Gasteiger partial charge in [-0.3, -0.25) is 4.98 Å². The van der Waals surface area contributed by atoms with Gasteiger partial charge in [0.05, 0.1) is 90.9 Å². The maximum absolute atomic E-state index is 14.2. The maximum atomic E-state index is 14.2. The molecule has 2 unspecified atom stereocenters. The van der Waals surface area contributed by atoms with Crippen molar-refractivity contribution in [3.63, 3.8) is 0 Å². The van der Waals surface area contributed by atoms with E-state index >= 15 is 0 Å². The zero-order valence-corrected chi connectivity index (χ0v) is 58.3. The molecule has 0 spiro atoms. The number of hydrogen-bond acceptors (Lipinski definition) is 1. The molecule has 5 aromatic rings. The summed E-state index contributed by atoms with van der Waals surface area (Å²) in [6, 6.07) is -1.91. The molecule has 0 N–H and O–H groups in total. The van der Waals surface area contributed by atoms with Crippen LogP contribution in [0.5, 0.6) is 0 Å². The van der Waals surface area contributed by atoms with E-state index in [1.807, 2.05) is 0 Å². The van der Waals surface area contributed by atoms with Gasteiger partial charge in [0.1, 0.15) is 6.15 Å². The fraction of sp³-hybridized carbons (Fsp3) is 0.544. The van der Waals surface area contributed by atoms with Crippen LogP contribution < -0.4 is 21.9 Å². The first kappa shape index (κ1) is 86.9. The van der Waals surface area contributed by atoms with E-state index in [0.717, 1.165) is 0 Å². The topological polar surface area (TPSA) is 12.9 Å². The van der Waals surface area contributed by atoms with Crippen LogP contribution in [0, 0.1) is 0 Å². The summed E-state index contributed by atoms with van der Waals surface area (Å²) < 4.78 is 341. The third-order valence-electron chi connectivity index (χ3n) is 16.8. The minimum Gasteiger partial charge on any atom is -0.250 e. The van der Waals surface area contributed by atoms with Gasteiger partial charge in [0.15, 0.2) is 0 Å². The van der Waals surface area contributed by atoms with Crippen molar-refractivity contribution >= 4 is 43.8 Å². The molecule has 0 fully saturated rings. The first-order valence-corrected chi connectivity index (χ1v) is 35.3. The molecule has 4 aromatic carbocycles. The van der Waals surface area contributed by atoms with E-state index in [0.29, 0.717) is 10.3 Å². The third kappa shape index (κ3) is 26.5. The monoisotopic (exact) mass is 1540 g/mol. The number of pyridine rings is 1. The summed E-state index contributed by atoms with van der Waals surface area (Å²) in [5.41, 5.74) is -27.5. The molecule has 6 rings (SSSR count). The quantitative estimate of drug-likeness (QED) is 0.0496. The second kappa shape index (κ2) is 35.0. The predicted octanol–water partition coefficient (Wildman–Crippen LogP) is 23.8. The van der Waals surface area contributed by atoms with Crippen molar-refractivity contribution in [1.29, 1.82) is 0 Å². The minimum absolute atomic E-state index is 0. The smallest absolute Gasteiger partial charge is 0.250 e. The van der Waals surface area contributed by atoms with Gasteiger partial charge in [-0.25, -0.2) is 0 Å². The van der Waals surface area contributed by atoms with E-state index in [4.69, 9.17) is 4.98 Å². The number of fused-ring (bicyclic) bond motifs is 2. The number of benzene rings is 4. The molecule has 97 heavy (non-hydrogen) atoms. The summed E-state index contributed by atoms with van der Waals surface area (Å²) in [4.78, 5) is 5.24. The zero-order chi connectivity index (χ0) is 72.9. The van der Waals surface area contributed by atoms with Crippen molar-refractivity contribution in [2.24, 2.45) is 0 Å². The van der Waals surface area contributed by atoms with Gasteiger partial charge in [0.2, 0.25) is 0 Å². The van der Waals surface area contributed by atoms with Crippen LogP contribution in [0.3, 0.4) is 0 Å². The van der Waals surface area contributed by atoms with Crippen molar-refractivity contribution in [3.8, 4) is 0 Å². The van der Waals surface area contributed by atoms with Crippen LogP contribution in [0.15, 0.2) is 103 Å². The number of aromatic nitrogens is 1. The fourth-order valence-corrected chi connectivity index (χ4v) is 16.9. The van der Waals surface area contributed by atoms with Crippen LogP contribution in [0.2, 0.25) is 0 Å². The number of hydrogen-bond donors (Lipinski definition) is 0. The number of allylic oxidation sites excluding steroid dienone is 2. The van der Waals surface area contributed by atoms with Crippen molar-refractivity contribution < 1.29 is 125 Å². The molecule has 0 amide bonds. The van der Waals surface area contributed by atoms with Gasteiger partial charge < -0.3 is 0 Å². The molecular weight excluding hydrogens is 1460 g/mol. The summed E-state index contributed by atoms with van der Waals surface area (Å²) in [6.45, 7) is 19.3. The van der Waals surface area contributed by atoms with Crippen LogP contribution in [0.25, 0.3) is 0 Å². The van der Waals surface area contributed by atoms with Gasteiger partial charge in [-0.15, -0.1) is 0 Å². The molecule has 0 saturated heterocycles. The third-order valence-corrected chi connectivity index (χ3v) is 24.5. The molecule has 29 heteroatoms. The Morgan fingerprint density at radius 3 is 0.835 bits per heavy atom. The van der Waals surface area contributed by atoms with E-state index in [2.05, 4.69) is 85.7 Å². The summed E-state index contributed by atoms with van der Waals surface area (Å²) in [6.07, 6.45) is -23.7. The van der Waals surface area contributed by atoms with Gasteiger partial charge in [-0.1, -0.05) is 145 Å². The number of unbranched alkanes of at least 4 members (excludes halogenated alkanes) is 4. The van der Waals surface area contributed by atoms with Crippen LogP contribution in [0.4, 0.5) is 105 Å². The predicted molar refractivity (Wildman–Crippen MR) is 337 cm³/mol. The van der Waals surface area contributed by atoms with E-state index in [1.54, 1.807) is 0 Å². The zero-order valence-electron chi connectivity index (χ0n) is 54.7. The van der Waals surface area contributed by atoms with Gasteiger partial charge in [0, 0.05) is 35.3 Å². The van der Waals surface area contributed by atoms with E-state index in [-0.39, 0.29) is 19.5 Å². The summed E-state index contributed by atoms with van der Waals surface area (Å²) in [5.74, 6) is 0. The van der Waals surface area contributed by atoms with Gasteiger partial charge in [-0.05, 0) is 110 Å². The molecule has 1 aliphatic heterocycles. The second-order valence-corrected chi connectivity index (χ2v) is 33.5. The van der Waals surface area contributed by atoms with Crippen LogP contribution >= 0.6 is 15.8 Å². The number of nitrogens with zero attached hydrogens (tertiary/aromatic N) is 1. The molecule has 1 aromatic heterocycles. The molecule has 1 radical (unpaired) electrons. The molecule has 547 valence electrons. The molecule has 2 atom stereocenters. The Morgan fingerprint density at radius 2 is 0.577 bits per heavy atom. The van der Waals surface area contributed by atoms with Gasteiger partial charge in [-0.2, -0.15) is 127 Å². The Morgan fingerprint density at radius 1 is 0.330 bits per heavy atom. The Bertz CT molecular complexity index is 2850. The average molecular weight is 1540 g/mol. The largest absolute Gasteiger partial charge is 0.416 e. The summed E-state index contributed by atoms with van der Waals surface area (Å²) >= 11 is 0. The minimum atomic E-state index is -6.13. The SMILES string of the molecule is CC(C)(C)[PH+]1CC/C=C\CCCCCCCCCC[PH+](C(C)(C)C)Cc2cccc(n2)C1.CCCCCCC.FC(F)(F)c1cc([B-](c2cc(C(F)(F)F)cc(C(F)(F)F)c2)(c2cc(C(F)(F)F)cc(C(F)(F)F)c2)c2cc(C(F)(F)F)cc(C(F)(F)F)c2)cc(C(F)(F)F)c1.[Rh]. The first-order valence-electron chi connectivity index (χ1n) is 31.5. The van der Waals surface area contributed by atoms with Gasteiger partial charge >= 0.3 is 49.4 Å².